The Morgan fingerprint density at radius 3 is 2.81 bits per heavy atom. The van der Waals surface area contributed by atoms with Gasteiger partial charge >= 0.3 is 5.97 Å². The van der Waals surface area contributed by atoms with Crippen LogP contribution < -0.4 is 10.6 Å². The zero-order valence-electron chi connectivity index (χ0n) is 8.45. The average Bonchev–Trinajstić information content (AvgIpc) is 2.26. The molecule has 6 nitrogen and oxygen atoms in total. The summed E-state index contributed by atoms with van der Waals surface area (Å²) < 4.78 is 13.4. The van der Waals surface area contributed by atoms with E-state index >= 15 is 0 Å². The normalized spacial score (nSPS) is 9.62. The van der Waals surface area contributed by atoms with Crippen molar-refractivity contribution in [3.63, 3.8) is 0 Å². The van der Waals surface area contributed by atoms with Gasteiger partial charge in [-0.3, -0.25) is 4.79 Å². The van der Waals surface area contributed by atoms with Gasteiger partial charge in [-0.05, 0) is 6.07 Å². The lowest BCUT2D eigenvalue weighted by Crippen LogP contribution is -2.27. The Hall–Kier alpha value is -2.18. The number of carboxylic acid groups (broad SMARTS) is 1. The van der Waals surface area contributed by atoms with Crippen LogP contribution in [0.1, 0.15) is 10.4 Å². The molecule has 0 aliphatic rings. The first kappa shape index (κ1) is 11.9. The second-order valence-electron chi connectivity index (χ2n) is 2.85. The van der Waals surface area contributed by atoms with Gasteiger partial charge < -0.3 is 15.7 Å². The molecule has 16 heavy (non-hydrogen) atoms. The standard InChI is InChI=1S/C9H10FN3O3/c1-11-6(14)4-13-8-7(10)5(9(15)16)2-3-12-8/h2-3H,4H2,1H3,(H,11,14)(H,12,13)(H,15,16). The number of aromatic nitrogens is 1. The average molecular weight is 227 g/mol. The molecular weight excluding hydrogens is 217 g/mol. The van der Waals surface area contributed by atoms with Gasteiger partial charge in [-0.25, -0.2) is 14.2 Å². The van der Waals surface area contributed by atoms with Crippen molar-refractivity contribution in [1.29, 1.82) is 0 Å². The number of aromatic carboxylic acids is 1. The highest BCUT2D eigenvalue weighted by molar-refractivity contribution is 5.89. The van der Waals surface area contributed by atoms with E-state index in [2.05, 4.69) is 15.6 Å². The molecule has 0 bridgehead atoms. The van der Waals surface area contributed by atoms with E-state index in [1.54, 1.807) is 0 Å². The smallest absolute Gasteiger partial charge is 0.338 e. The van der Waals surface area contributed by atoms with Gasteiger partial charge in [-0.2, -0.15) is 0 Å². The molecule has 0 radical (unpaired) electrons. The molecular formula is C9H10FN3O3. The van der Waals surface area contributed by atoms with Crippen LogP contribution in [-0.4, -0.2) is 35.6 Å². The molecule has 1 rings (SSSR count). The molecule has 0 atom stereocenters. The van der Waals surface area contributed by atoms with E-state index in [0.29, 0.717) is 0 Å². The molecule has 0 spiro atoms. The van der Waals surface area contributed by atoms with Crippen LogP contribution in [0.2, 0.25) is 0 Å². The largest absolute Gasteiger partial charge is 0.478 e. The number of nitrogens with zero attached hydrogens (tertiary/aromatic N) is 1. The fourth-order valence-electron chi connectivity index (χ4n) is 0.985. The molecule has 0 aromatic carbocycles. The Morgan fingerprint density at radius 1 is 1.56 bits per heavy atom. The topological polar surface area (TPSA) is 91.3 Å². The molecule has 0 fully saturated rings. The third kappa shape index (κ3) is 2.66. The SMILES string of the molecule is CNC(=O)CNc1nccc(C(=O)O)c1F. The van der Waals surface area contributed by atoms with E-state index in [0.717, 1.165) is 12.3 Å². The summed E-state index contributed by atoms with van der Waals surface area (Å²) in [5.74, 6) is -2.99. The first-order valence-corrected chi connectivity index (χ1v) is 4.38. The predicted molar refractivity (Wildman–Crippen MR) is 53.7 cm³/mol. The first-order chi connectivity index (χ1) is 7.56. The van der Waals surface area contributed by atoms with Gasteiger partial charge in [-0.1, -0.05) is 0 Å². The monoisotopic (exact) mass is 227 g/mol. The van der Waals surface area contributed by atoms with E-state index in [9.17, 15) is 14.0 Å². The minimum absolute atomic E-state index is 0.177. The molecule has 0 aliphatic carbocycles. The highest BCUT2D eigenvalue weighted by atomic mass is 19.1. The van der Waals surface area contributed by atoms with Gasteiger partial charge in [0, 0.05) is 13.2 Å². The zero-order valence-corrected chi connectivity index (χ0v) is 8.45. The number of amides is 1. The summed E-state index contributed by atoms with van der Waals surface area (Å²) in [5, 5.41) is 13.4. The van der Waals surface area contributed by atoms with Crippen molar-refractivity contribution in [2.24, 2.45) is 0 Å². The molecule has 3 N–H and O–H groups in total. The molecule has 0 unspecified atom stereocenters. The summed E-state index contributed by atoms with van der Waals surface area (Å²) in [6.45, 7) is -0.177. The van der Waals surface area contributed by atoms with Crippen LogP contribution in [-0.2, 0) is 4.79 Å². The maximum atomic E-state index is 13.4. The summed E-state index contributed by atoms with van der Waals surface area (Å²) >= 11 is 0. The van der Waals surface area contributed by atoms with Crippen molar-refractivity contribution in [2.45, 2.75) is 0 Å². The van der Waals surface area contributed by atoms with Crippen molar-refractivity contribution < 1.29 is 19.1 Å². The summed E-state index contributed by atoms with van der Waals surface area (Å²) in [7, 11) is 1.43. The number of anilines is 1. The second-order valence-corrected chi connectivity index (χ2v) is 2.85. The quantitative estimate of drug-likeness (QED) is 0.677. The molecule has 0 saturated heterocycles. The first-order valence-electron chi connectivity index (χ1n) is 4.38. The lowest BCUT2D eigenvalue weighted by atomic mass is 10.2. The van der Waals surface area contributed by atoms with Crippen LogP contribution in [0.4, 0.5) is 10.2 Å². The Kier molecular flexibility index (Phi) is 3.76. The predicted octanol–water partition coefficient (Wildman–Crippen LogP) is 0.0768. The van der Waals surface area contributed by atoms with Crippen LogP contribution in [0.15, 0.2) is 12.3 Å². The minimum Gasteiger partial charge on any atom is -0.478 e. The van der Waals surface area contributed by atoms with E-state index in [4.69, 9.17) is 5.11 Å². The molecule has 86 valence electrons. The lowest BCUT2D eigenvalue weighted by molar-refractivity contribution is -0.118. The number of carbonyl (C=O) groups is 2. The summed E-state index contributed by atoms with van der Waals surface area (Å²) in [6.07, 6.45) is 1.15. The number of carbonyl (C=O) groups excluding carboxylic acids is 1. The van der Waals surface area contributed by atoms with Crippen LogP contribution in [0.5, 0.6) is 0 Å². The molecule has 1 aromatic heterocycles. The molecule has 1 amide bonds. The number of carboxylic acids is 1. The van der Waals surface area contributed by atoms with Crippen LogP contribution in [0, 0.1) is 5.82 Å². The summed E-state index contributed by atoms with van der Waals surface area (Å²) in [5.41, 5.74) is -0.491. The van der Waals surface area contributed by atoms with E-state index < -0.39 is 17.3 Å². The van der Waals surface area contributed by atoms with E-state index in [1.807, 2.05) is 0 Å². The number of halogens is 1. The maximum Gasteiger partial charge on any atom is 0.338 e. The second kappa shape index (κ2) is 5.06. The van der Waals surface area contributed by atoms with Crippen molar-refractivity contribution in [3.05, 3.63) is 23.6 Å². The van der Waals surface area contributed by atoms with Gasteiger partial charge in [0.1, 0.15) is 5.56 Å². The van der Waals surface area contributed by atoms with E-state index in [-0.39, 0.29) is 18.3 Å². The maximum absolute atomic E-state index is 13.4. The minimum atomic E-state index is -1.39. The lowest BCUT2D eigenvalue weighted by Gasteiger charge is -2.06. The molecule has 7 heteroatoms. The van der Waals surface area contributed by atoms with Crippen molar-refractivity contribution in [3.8, 4) is 0 Å². The van der Waals surface area contributed by atoms with Crippen LogP contribution in [0.25, 0.3) is 0 Å². The fourth-order valence-corrected chi connectivity index (χ4v) is 0.985. The number of nitrogens with one attached hydrogen (secondary N) is 2. The highest BCUT2D eigenvalue weighted by Crippen LogP contribution is 2.14. The highest BCUT2D eigenvalue weighted by Gasteiger charge is 2.15. The Morgan fingerprint density at radius 2 is 2.25 bits per heavy atom. The Labute approximate surface area is 90.5 Å². The Balaban J connectivity index is 2.85. The molecule has 1 aromatic rings. The van der Waals surface area contributed by atoms with Crippen molar-refractivity contribution >= 4 is 17.7 Å². The summed E-state index contributed by atoms with van der Waals surface area (Å²) in [6, 6.07) is 1.04. The number of pyridine rings is 1. The van der Waals surface area contributed by atoms with Gasteiger partial charge in [0.15, 0.2) is 11.6 Å². The molecule has 0 saturated carbocycles. The number of likely N-dealkylation sites (N-methyl/N-ethyl adjacent to an activating group) is 1. The number of hydrogen-bond acceptors (Lipinski definition) is 4. The number of rotatable bonds is 4. The third-order valence-corrected chi connectivity index (χ3v) is 1.81. The van der Waals surface area contributed by atoms with E-state index in [1.165, 1.54) is 7.05 Å². The molecule has 0 aliphatic heterocycles. The van der Waals surface area contributed by atoms with Gasteiger partial charge in [-0.15, -0.1) is 0 Å². The van der Waals surface area contributed by atoms with Crippen molar-refractivity contribution in [1.82, 2.24) is 10.3 Å². The number of hydrogen-bond donors (Lipinski definition) is 3. The van der Waals surface area contributed by atoms with Gasteiger partial charge in [0.25, 0.3) is 0 Å². The fraction of sp³-hybridized carbons (Fsp3) is 0.222. The van der Waals surface area contributed by atoms with Crippen LogP contribution >= 0.6 is 0 Å². The van der Waals surface area contributed by atoms with Crippen molar-refractivity contribution in [2.75, 3.05) is 18.9 Å². The Bertz CT molecular complexity index is 422. The van der Waals surface area contributed by atoms with Gasteiger partial charge in [0.2, 0.25) is 5.91 Å². The molecule has 1 heterocycles. The van der Waals surface area contributed by atoms with Crippen LogP contribution in [0.3, 0.4) is 0 Å². The zero-order chi connectivity index (χ0) is 12.1. The summed E-state index contributed by atoms with van der Waals surface area (Å²) in [4.78, 5) is 25.1. The van der Waals surface area contributed by atoms with Gasteiger partial charge in [0.05, 0.1) is 6.54 Å². The third-order valence-electron chi connectivity index (χ3n) is 1.81.